The van der Waals surface area contributed by atoms with E-state index in [1.54, 1.807) is 10.7 Å². The summed E-state index contributed by atoms with van der Waals surface area (Å²) in [5.74, 6) is 0.927. The van der Waals surface area contributed by atoms with E-state index in [1.807, 2.05) is 46.0 Å². The van der Waals surface area contributed by atoms with Gasteiger partial charge >= 0.3 is 6.09 Å². The summed E-state index contributed by atoms with van der Waals surface area (Å²) in [5, 5.41) is 16.7. The number of rotatable bonds is 5. The molecule has 0 aromatic carbocycles. The van der Waals surface area contributed by atoms with E-state index >= 15 is 0 Å². The van der Waals surface area contributed by atoms with Crippen LogP contribution in [0.2, 0.25) is 0 Å². The molecule has 2 aromatic rings. The van der Waals surface area contributed by atoms with Crippen LogP contribution >= 0.6 is 0 Å². The van der Waals surface area contributed by atoms with Crippen molar-refractivity contribution in [3.8, 4) is 0 Å². The van der Waals surface area contributed by atoms with Gasteiger partial charge in [0.15, 0.2) is 5.65 Å². The van der Waals surface area contributed by atoms with Gasteiger partial charge in [-0.1, -0.05) is 6.92 Å². The van der Waals surface area contributed by atoms with E-state index in [-0.39, 0.29) is 5.92 Å². The Hall–Kier alpha value is -2.31. The second kappa shape index (κ2) is 6.21. The van der Waals surface area contributed by atoms with Crippen molar-refractivity contribution in [3.63, 3.8) is 0 Å². The first-order valence-electron chi connectivity index (χ1n) is 7.32. The molecule has 0 spiro atoms. The SMILES string of the molecule is CC(CNc1ccn2nccc2n1)CN(C(=O)O)C(C)(C)C. The van der Waals surface area contributed by atoms with Gasteiger partial charge in [-0.05, 0) is 32.8 Å². The largest absolute Gasteiger partial charge is 0.465 e. The summed E-state index contributed by atoms with van der Waals surface area (Å²) in [5.41, 5.74) is 0.369. The minimum atomic E-state index is -0.891. The Labute approximate surface area is 130 Å². The van der Waals surface area contributed by atoms with Gasteiger partial charge in [-0.2, -0.15) is 5.10 Å². The lowest BCUT2D eigenvalue weighted by molar-refractivity contribution is 0.0917. The number of hydrogen-bond donors (Lipinski definition) is 2. The minimum Gasteiger partial charge on any atom is -0.465 e. The van der Waals surface area contributed by atoms with Crippen molar-refractivity contribution in [2.75, 3.05) is 18.4 Å². The number of carboxylic acid groups (broad SMARTS) is 1. The van der Waals surface area contributed by atoms with Crippen molar-refractivity contribution in [3.05, 3.63) is 24.5 Å². The van der Waals surface area contributed by atoms with E-state index in [0.717, 1.165) is 11.5 Å². The minimum absolute atomic E-state index is 0.165. The highest BCUT2D eigenvalue weighted by molar-refractivity contribution is 5.66. The second-order valence-corrected chi connectivity index (χ2v) is 6.50. The number of nitrogens with one attached hydrogen (secondary N) is 1. The molecule has 7 heteroatoms. The maximum absolute atomic E-state index is 11.4. The first-order valence-corrected chi connectivity index (χ1v) is 7.32. The zero-order valence-electron chi connectivity index (χ0n) is 13.4. The zero-order valence-corrected chi connectivity index (χ0v) is 13.4. The Morgan fingerprint density at radius 1 is 1.45 bits per heavy atom. The monoisotopic (exact) mass is 305 g/mol. The summed E-state index contributed by atoms with van der Waals surface area (Å²) in [7, 11) is 0. The lowest BCUT2D eigenvalue weighted by Gasteiger charge is -2.35. The van der Waals surface area contributed by atoms with Crippen molar-refractivity contribution in [1.82, 2.24) is 19.5 Å². The molecule has 0 aliphatic carbocycles. The van der Waals surface area contributed by atoms with E-state index in [1.165, 1.54) is 4.90 Å². The molecule has 22 heavy (non-hydrogen) atoms. The molecule has 0 saturated heterocycles. The molecular weight excluding hydrogens is 282 g/mol. The number of anilines is 1. The predicted octanol–water partition coefficient (Wildman–Crippen LogP) is 2.56. The van der Waals surface area contributed by atoms with Gasteiger partial charge in [0.2, 0.25) is 0 Å². The number of aromatic nitrogens is 3. The number of fused-ring (bicyclic) bond motifs is 1. The van der Waals surface area contributed by atoms with E-state index < -0.39 is 11.6 Å². The molecule has 0 bridgehead atoms. The molecule has 2 heterocycles. The molecule has 1 unspecified atom stereocenters. The van der Waals surface area contributed by atoms with Gasteiger partial charge < -0.3 is 15.3 Å². The van der Waals surface area contributed by atoms with Crippen molar-refractivity contribution in [2.45, 2.75) is 33.2 Å². The van der Waals surface area contributed by atoms with E-state index in [0.29, 0.717) is 13.1 Å². The molecule has 1 atom stereocenters. The molecule has 0 aliphatic heterocycles. The van der Waals surface area contributed by atoms with Gasteiger partial charge in [0, 0.05) is 30.9 Å². The van der Waals surface area contributed by atoms with Crippen molar-refractivity contribution in [1.29, 1.82) is 0 Å². The fraction of sp³-hybridized carbons (Fsp3) is 0.533. The summed E-state index contributed by atoms with van der Waals surface area (Å²) < 4.78 is 1.69. The lowest BCUT2D eigenvalue weighted by atomic mass is 10.0. The highest BCUT2D eigenvalue weighted by Gasteiger charge is 2.27. The summed E-state index contributed by atoms with van der Waals surface area (Å²) in [6.07, 6.45) is 2.65. The molecule has 0 aliphatic rings. The molecule has 7 nitrogen and oxygen atoms in total. The van der Waals surface area contributed by atoms with Gasteiger partial charge in [-0.15, -0.1) is 0 Å². The van der Waals surface area contributed by atoms with Crippen LogP contribution < -0.4 is 5.32 Å². The first-order chi connectivity index (χ1) is 10.3. The first kappa shape index (κ1) is 16.1. The van der Waals surface area contributed by atoms with Crippen LogP contribution in [0.1, 0.15) is 27.7 Å². The number of carbonyl (C=O) groups is 1. The lowest BCUT2D eigenvalue weighted by Crippen LogP contribution is -2.47. The Kier molecular flexibility index (Phi) is 4.54. The highest BCUT2D eigenvalue weighted by Crippen LogP contribution is 2.16. The number of nitrogens with zero attached hydrogens (tertiary/aromatic N) is 4. The molecule has 2 rings (SSSR count). The third-order valence-electron chi connectivity index (χ3n) is 3.42. The summed E-state index contributed by atoms with van der Waals surface area (Å²) in [6, 6.07) is 3.69. The van der Waals surface area contributed by atoms with Gasteiger partial charge in [0.05, 0.1) is 6.20 Å². The van der Waals surface area contributed by atoms with Crippen LogP contribution in [0.3, 0.4) is 0 Å². The molecule has 120 valence electrons. The normalized spacial score (nSPS) is 13.1. The maximum atomic E-state index is 11.4. The van der Waals surface area contributed by atoms with Crippen molar-refractivity contribution in [2.24, 2.45) is 5.92 Å². The van der Waals surface area contributed by atoms with Crippen molar-refractivity contribution < 1.29 is 9.90 Å². The van der Waals surface area contributed by atoms with Crippen LogP contribution in [0, 0.1) is 5.92 Å². The Bertz CT molecular complexity index is 647. The van der Waals surface area contributed by atoms with Crippen LogP contribution in [0.25, 0.3) is 5.65 Å². The highest BCUT2D eigenvalue weighted by atomic mass is 16.4. The fourth-order valence-corrected chi connectivity index (χ4v) is 2.20. The van der Waals surface area contributed by atoms with Crippen LogP contribution in [0.15, 0.2) is 24.5 Å². The van der Waals surface area contributed by atoms with Crippen molar-refractivity contribution >= 4 is 17.6 Å². The van der Waals surface area contributed by atoms with Crippen LogP contribution in [0.5, 0.6) is 0 Å². The smallest absolute Gasteiger partial charge is 0.407 e. The maximum Gasteiger partial charge on any atom is 0.407 e. The molecule has 1 amide bonds. The zero-order chi connectivity index (χ0) is 16.3. The third kappa shape index (κ3) is 3.87. The van der Waals surface area contributed by atoms with E-state index in [2.05, 4.69) is 15.4 Å². The Morgan fingerprint density at radius 3 is 2.82 bits per heavy atom. The van der Waals surface area contributed by atoms with E-state index in [4.69, 9.17) is 0 Å². The number of amides is 1. The standard InChI is InChI=1S/C15H23N5O2/c1-11(10-19(14(21)22)15(2,3)4)9-16-12-6-8-20-13(18-12)5-7-17-20/h5-8,11H,9-10H2,1-4H3,(H,16,18)(H,21,22). The molecule has 2 aromatic heterocycles. The number of hydrogen-bond acceptors (Lipinski definition) is 4. The van der Waals surface area contributed by atoms with E-state index in [9.17, 15) is 9.90 Å². The molecular formula is C15H23N5O2. The predicted molar refractivity (Wildman–Crippen MR) is 85.1 cm³/mol. The van der Waals surface area contributed by atoms with Crippen LogP contribution in [-0.2, 0) is 0 Å². The quantitative estimate of drug-likeness (QED) is 0.887. The molecule has 0 radical (unpaired) electrons. The third-order valence-corrected chi connectivity index (χ3v) is 3.42. The van der Waals surface area contributed by atoms with Crippen LogP contribution in [-0.4, -0.2) is 49.3 Å². The van der Waals surface area contributed by atoms with Gasteiger partial charge in [-0.25, -0.2) is 14.3 Å². The van der Waals surface area contributed by atoms with Gasteiger partial charge in [0.1, 0.15) is 5.82 Å². The summed E-state index contributed by atoms with van der Waals surface area (Å²) >= 11 is 0. The topological polar surface area (TPSA) is 82.8 Å². The molecule has 0 saturated carbocycles. The average Bonchev–Trinajstić information content (AvgIpc) is 2.88. The summed E-state index contributed by atoms with van der Waals surface area (Å²) in [4.78, 5) is 17.3. The van der Waals surface area contributed by atoms with Gasteiger partial charge in [-0.3, -0.25) is 0 Å². The molecule has 0 fully saturated rings. The van der Waals surface area contributed by atoms with Gasteiger partial charge in [0.25, 0.3) is 0 Å². The van der Waals surface area contributed by atoms with Crippen LogP contribution in [0.4, 0.5) is 10.6 Å². The average molecular weight is 305 g/mol. The summed E-state index contributed by atoms with van der Waals surface area (Å²) in [6.45, 7) is 8.84. The Morgan fingerprint density at radius 2 is 2.18 bits per heavy atom. The Balaban J connectivity index is 1.94. The molecule has 2 N–H and O–H groups in total. The second-order valence-electron chi connectivity index (χ2n) is 6.50. The fourth-order valence-electron chi connectivity index (χ4n) is 2.20.